The van der Waals surface area contributed by atoms with Crippen molar-refractivity contribution in [1.82, 2.24) is 5.32 Å². The number of ketones is 1. The minimum atomic E-state index is -4.47. The topological polar surface area (TPSA) is 77.8 Å². The average molecular weight is 475 g/mol. The van der Waals surface area contributed by atoms with E-state index in [1.807, 2.05) is 0 Å². The molecule has 34 heavy (non-hydrogen) atoms. The van der Waals surface area contributed by atoms with Crippen LogP contribution in [0.4, 0.5) is 13.2 Å². The number of alkyl halides is 3. The smallest absolute Gasteiger partial charge is 0.416 e. The van der Waals surface area contributed by atoms with Crippen LogP contribution in [0.25, 0.3) is 0 Å². The van der Waals surface area contributed by atoms with Crippen molar-refractivity contribution in [3.63, 3.8) is 0 Å². The number of dihydropyridines is 1. The SMILES string of the molecule is CCOC(=O)C1=C(C)NC2=C(C(=O)CCC2)[C@@H]1c1ccc(COc2cccc(C(F)(F)F)c2)o1. The molecule has 1 aromatic heterocycles. The van der Waals surface area contributed by atoms with Crippen molar-refractivity contribution in [2.45, 2.75) is 51.8 Å². The number of halogens is 3. The Morgan fingerprint density at radius 2 is 2.00 bits per heavy atom. The van der Waals surface area contributed by atoms with E-state index in [0.717, 1.165) is 17.8 Å². The van der Waals surface area contributed by atoms with Crippen molar-refractivity contribution in [3.05, 3.63) is 76.0 Å². The molecule has 0 spiro atoms. The summed E-state index contributed by atoms with van der Waals surface area (Å²) in [6.07, 6.45) is -2.71. The largest absolute Gasteiger partial charge is 0.486 e. The zero-order valence-corrected chi connectivity index (χ0v) is 18.8. The Morgan fingerprint density at radius 1 is 1.21 bits per heavy atom. The van der Waals surface area contributed by atoms with E-state index in [0.29, 0.717) is 47.6 Å². The summed E-state index contributed by atoms with van der Waals surface area (Å²) in [6, 6.07) is 7.85. The lowest BCUT2D eigenvalue weighted by molar-refractivity contribution is -0.139. The highest BCUT2D eigenvalue weighted by Crippen LogP contribution is 2.43. The van der Waals surface area contributed by atoms with Crippen LogP contribution in [-0.4, -0.2) is 18.4 Å². The molecular weight excluding hydrogens is 451 g/mol. The number of ether oxygens (including phenoxy) is 2. The van der Waals surface area contributed by atoms with E-state index >= 15 is 0 Å². The van der Waals surface area contributed by atoms with Crippen LogP contribution < -0.4 is 10.1 Å². The van der Waals surface area contributed by atoms with Gasteiger partial charge in [-0.15, -0.1) is 0 Å². The van der Waals surface area contributed by atoms with Gasteiger partial charge in [-0.3, -0.25) is 4.79 Å². The lowest BCUT2D eigenvalue weighted by Crippen LogP contribution is -2.34. The molecule has 2 heterocycles. The van der Waals surface area contributed by atoms with Crippen LogP contribution in [0.5, 0.6) is 5.75 Å². The van der Waals surface area contributed by atoms with Crippen LogP contribution in [0.2, 0.25) is 0 Å². The predicted molar refractivity (Wildman–Crippen MR) is 116 cm³/mol. The second kappa shape index (κ2) is 9.40. The number of rotatable bonds is 6. The lowest BCUT2D eigenvalue weighted by Gasteiger charge is -2.32. The molecule has 0 amide bonds. The Morgan fingerprint density at radius 3 is 2.74 bits per heavy atom. The van der Waals surface area contributed by atoms with Crippen LogP contribution in [0.1, 0.15) is 56.1 Å². The molecule has 4 rings (SSSR count). The molecule has 2 aromatic rings. The molecule has 0 bridgehead atoms. The summed E-state index contributed by atoms with van der Waals surface area (Å²) in [6.45, 7) is 3.51. The third kappa shape index (κ3) is 4.73. The number of carbonyl (C=O) groups is 2. The maximum atomic E-state index is 12.9. The standard InChI is InChI=1S/C25H24F3NO5/c1-3-32-24(31)21-14(2)29-18-8-5-9-19(30)22(18)23(21)20-11-10-17(34-20)13-33-16-7-4-6-15(12-16)25(26,27)28/h4,6-7,10-12,23,29H,3,5,8-9,13H2,1-2H3/t23-/m1/s1. The molecule has 1 aromatic carbocycles. The van der Waals surface area contributed by atoms with Gasteiger partial charge in [-0.2, -0.15) is 13.2 Å². The highest BCUT2D eigenvalue weighted by molar-refractivity contribution is 6.03. The molecule has 1 N–H and O–H groups in total. The van der Waals surface area contributed by atoms with Gasteiger partial charge >= 0.3 is 12.1 Å². The first-order valence-corrected chi connectivity index (χ1v) is 11.0. The molecule has 0 saturated carbocycles. The van der Waals surface area contributed by atoms with Gasteiger partial charge in [0.1, 0.15) is 23.9 Å². The summed E-state index contributed by atoms with van der Waals surface area (Å²) in [5.74, 6) is -0.575. The van der Waals surface area contributed by atoms with E-state index in [1.165, 1.54) is 12.1 Å². The van der Waals surface area contributed by atoms with E-state index in [9.17, 15) is 22.8 Å². The predicted octanol–water partition coefficient (Wildman–Crippen LogP) is 5.41. The zero-order valence-electron chi connectivity index (χ0n) is 18.8. The van der Waals surface area contributed by atoms with Gasteiger partial charge in [0, 0.05) is 23.4 Å². The summed E-state index contributed by atoms with van der Waals surface area (Å²) in [4.78, 5) is 25.6. The van der Waals surface area contributed by atoms with Crippen molar-refractivity contribution in [3.8, 4) is 5.75 Å². The molecule has 2 aliphatic rings. The molecule has 180 valence electrons. The molecule has 6 nitrogen and oxygen atoms in total. The van der Waals surface area contributed by atoms with Crippen molar-refractivity contribution in [1.29, 1.82) is 0 Å². The fourth-order valence-corrected chi connectivity index (χ4v) is 4.29. The molecule has 0 saturated heterocycles. The maximum Gasteiger partial charge on any atom is 0.416 e. The highest BCUT2D eigenvalue weighted by Gasteiger charge is 2.40. The second-order valence-corrected chi connectivity index (χ2v) is 8.10. The Bertz CT molecular complexity index is 1180. The van der Waals surface area contributed by atoms with Crippen LogP contribution in [0, 0.1) is 0 Å². The quantitative estimate of drug-likeness (QED) is 0.563. The first-order chi connectivity index (χ1) is 16.2. The summed E-state index contributed by atoms with van der Waals surface area (Å²) < 4.78 is 55.5. The Balaban J connectivity index is 1.62. The highest BCUT2D eigenvalue weighted by atomic mass is 19.4. The van der Waals surface area contributed by atoms with Gasteiger partial charge < -0.3 is 19.2 Å². The monoisotopic (exact) mass is 475 g/mol. The van der Waals surface area contributed by atoms with Crippen molar-refractivity contribution >= 4 is 11.8 Å². The van der Waals surface area contributed by atoms with Crippen molar-refractivity contribution in [2.24, 2.45) is 0 Å². The first-order valence-electron chi connectivity index (χ1n) is 11.0. The number of Topliss-reactive ketones (excluding diaryl/α,β-unsaturated/α-hetero) is 1. The third-order valence-corrected chi connectivity index (χ3v) is 5.78. The summed E-state index contributed by atoms with van der Waals surface area (Å²) in [5.41, 5.74) is 1.34. The number of allylic oxidation sites excluding steroid dienone is 3. The normalized spacial score (nSPS) is 18.5. The van der Waals surface area contributed by atoms with Gasteiger partial charge in [0.25, 0.3) is 0 Å². The first kappa shape index (κ1) is 23.7. The van der Waals surface area contributed by atoms with Crippen molar-refractivity contribution < 1.29 is 36.7 Å². The number of esters is 1. The molecule has 0 radical (unpaired) electrons. The number of nitrogens with one attached hydrogen (secondary N) is 1. The molecular formula is C25H24F3NO5. The molecule has 1 aliphatic carbocycles. The van der Waals surface area contributed by atoms with Gasteiger partial charge in [0.15, 0.2) is 5.78 Å². The third-order valence-electron chi connectivity index (χ3n) is 5.78. The average Bonchev–Trinajstić information content (AvgIpc) is 3.25. The molecule has 0 fully saturated rings. The van der Waals surface area contributed by atoms with E-state index < -0.39 is 23.6 Å². The summed E-state index contributed by atoms with van der Waals surface area (Å²) in [5, 5.41) is 3.19. The van der Waals surface area contributed by atoms with Gasteiger partial charge in [-0.1, -0.05) is 6.07 Å². The maximum absolute atomic E-state index is 12.9. The van der Waals surface area contributed by atoms with Crippen molar-refractivity contribution in [2.75, 3.05) is 6.61 Å². The number of hydrogen-bond donors (Lipinski definition) is 1. The Kier molecular flexibility index (Phi) is 6.54. The Hall–Kier alpha value is -3.49. The van der Waals surface area contributed by atoms with Crippen LogP contribution in [-0.2, 0) is 27.1 Å². The lowest BCUT2D eigenvalue weighted by atomic mass is 9.77. The van der Waals surface area contributed by atoms with E-state index in [4.69, 9.17) is 13.9 Å². The van der Waals surface area contributed by atoms with Crippen LogP contribution in [0.3, 0.4) is 0 Å². The van der Waals surface area contributed by atoms with Gasteiger partial charge in [-0.25, -0.2) is 4.79 Å². The Labute approximate surface area is 194 Å². The number of carbonyl (C=O) groups excluding carboxylic acids is 2. The molecule has 9 heteroatoms. The van der Waals surface area contributed by atoms with E-state index in [2.05, 4.69) is 5.32 Å². The summed E-state index contributed by atoms with van der Waals surface area (Å²) >= 11 is 0. The number of furan rings is 1. The van der Waals surface area contributed by atoms with E-state index in [-0.39, 0.29) is 24.7 Å². The fraction of sp³-hybridized carbons (Fsp3) is 0.360. The zero-order chi connectivity index (χ0) is 24.5. The number of hydrogen-bond acceptors (Lipinski definition) is 6. The summed E-state index contributed by atoms with van der Waals surface area (Å²) in [7, 11) is 0. The fourth-order valence-electron chi connectivity index (χ4n) is 4.29. The minimum Gasteiger partial charge on any atom is -0.486 e. The van der Waals surface area contributed by atoms with E-state index in [1.54, 1.807) is 26.0 Å². The second-order valence-electron chi connectivity index (χ2n) is 8.10. The van der Waals surface area contributed by atoms with Gasteiger partial charge in [0.05, 0.1) is 23.7 Å². The molecule has 1 aliphatic heterocycles. The molecule has 1 atom stereocenters. The van der Waals surface area contributed by atoms with Crippen LogP contribution in [0.15, 0.2) is 63.4 Å². The molecule has 0 unspecified atom stereocenters. The minimum absolute atomic E-state index is 0.0463. The number of benzene rings is 1. The van der Waals surface area contributed by atoms with Gasteiger partial charge in [-0.05, 0) is 57.0 Å². The van der Waals surface area contributed by atoms with Gasteiger partial charge in [0.2, 0.25) is 0 Å². The van der Waals surface area contributed by atoms with Crippen LogP contribution >= 0.6 is 0 Å².